The molecule has 14 heavy (non-hydrogen) atoms. The molecule has 0 bridgehead atoms. The lowest BCUT2D eigenvalue weighted by Gasteiger charge is -2.07. The van der Waals surface area contributed by atoms with E-state index in [0.29, 0.717) is 5.56 Å². The third kappa shape index (κ3) is 2.74. The van der Waals surface area contributed by atoms with Crippen molar-refractivity contribution >= 4 is 11.8 Å². The van der Waals surface area contributed by atoms with Crippen LogP contribution in [-0.2, 0) is 11.3 Å². The largest absolute Gasteiger partial charge is 0.545 e. The number of nitro benzene ring substituents is 1. The Morgan fingerprint density at radius 1 is 1.50 bits per heavy atom. The summed E-state index contributed by atoms with van der Waals surface area (Å²) < 4.78 is 4.15. The molecule has 1 aromatic carbocycles. The van der Waals surface area contributed by atoms with Gasteiger partial charge in [-0.1, -0.05) is 12.1 Å². The second-order valence-corrected chi connectivity index (χ2v) is 2.47. The van der Waals surface area contributed by atoms with Crippen molar-refractivity contribution in [2.24, 2.45) is 0 Å². The average Bonchev–Trinajstić information content (AvgIpc) is 2.15. The molecule has 0 saturated heterocycles. The van der Waals surface area contributed by atoms with Crippen LogP contribution in [0.1, 0.15) is 5.56 Å². The molecule has 1 rings (SSSR count). The van der Waals surface area contributed by atoms with Crippen LogP contribution in [0.5, 0.6) is 0 Å². The summed E-state index contributed by atoms with van der Waals surface area (Å²) in [6.07, 6.45) is -1.66. The Balaban J connectivity index is 2.73. The van der Waals surface area contributed by atoms with Gasteiger partial charge in [0.25, 0.3) is 11.8 Å². The molecule has 0 atom stereocenters. The van der Waals surface area contributed by atoms with Crippen LogP contribution in [0.25, 0.3) is 0 Å². The topological polar surface area (TPSA) is 92.5 Å². The van der Waals surface area contributed by atoms with E-state index in [4.69, 9.17) is 0 Å². The van der Waals surface area contributed by atoms with Crippen LogP contribution >= 0.6 is 0 Å². The van der Waals surface area contributed by atoms with Crippen LogP contribution in [0.2, 0.25) is 0 Å². The van der Waals surface area contributed by atoms with E-state index in [9.17, 15) is 20.0 Å². The predicted molar refractivity (Wildman–Crippen MR) is 43.3 cm³/mol. The van der Waals surface area contributed by atoms with Crippen LogP contribution in [0, 0.1) is 10.1 Å². The highest BCUT2D eigenvalue weighted by atomic mass is 16.7. The SMILES string of the molecule is O=C([O-])OCc1cccc([N+](=O)[O-])c1. The molecule has 1 aromatic rings. The van der Waals surface area contributed by atoms with Crippen molar-refractivity contribution in [2.75, 3.05) is 0 Å². The van der Waals surface area contributed by atoms with E-state index in [-0.39, 0.29) is 12.3 Å². The summed E-state index contributed by atoms with van der Waals surface area (Å²) in [5.41, 5.74) is 0.299. The minimum atomic E-state index is -1.66. The summed E-state index contributed by atoms with van der Waals surface area (Å²) in [6, 6.07) is 5.52. The van der Waals surface area contributed by atoms with E-state index >= 15 is 0 Å². The number of ether oxygens (including phenoxy) is 1. The predicted octanol–water partition coefficient (Wildman–Crippen LogP) is 0.455. The van der Waals surface area contributed by atoms with Crippen LogP contribution < -0.4 is 5.11 Å². The number of nitro groups is 1. The maximum Gasteiger partial charge on any atom is 0.269 e. The number of carbonyl (C=O) groups is 1. The van der Waals surface area contributed by atoms with Crippen molar-refractivity contribution in [3.63, 3.8) is 0 Å². The standard InChI is InChI=1S/C8H7NO5/c10-8(11)14-5-6-2-1-3-7(4-6)9(12)13/h1-4H,5H2,(H,10,11)/p-1. The Bertz CT molecular complexity index is 363. The lowest BCUT2D eigenvalue weighted by atomic mass is 10.2. The highest BCUT2D eigenvalue weighted by Gasteiger charge is 2.04. The second kappa shape index (κ2) is 4.22. The molecule has 0 aliphatic carbocycles. The van der Waals surface area contributed by atoms with Gasteiger partial charge in [0.1, 0.15) is 0 Å². The monoisotopic (exact) mass is 196 g/mol. The molecule has 0 N–H and O–H groups in total. The first-order chi connectivity index (χ1) is 6.59. The third-order valence-electron chi connectivity index (χ3n) is 1.48. The molecular weight excluding hydrogens is 190 g/mol. The zero-order valence-electron chi connectivity index (χ0n) is 7.00. The first-order valence-corrected chi connectivity index (χ1v) is 3.66. The fraction of sp³-hybridized carbons (Fsp3) is 0.125. The minimum absolute atomic E-state index is 0.107. The number of hydrogen-bond acceptors (Lipinski definition) is 5. The highest BCUT2D eigenvalue weighted by molar-refractivity contribution is 5.54. The maximum atomic E-state index is 10.3. The number of nitrogens with zero attached hydrogens (tertiary/aromatic N) is 1. The average molecular weight is 196 g/mol. The number of hydrogen-bond donors (Lipinski definition) is 0. The normalized spacial score (nSPS) is 9.43. The Morgan fingerprint density at radius 2 is 2.21 bits per heavy atom. The van der Waals surface area contributed by atoms with E-state index in [1.807, 2.05) is 0 Å². The fourth-order valence-electron chi connectivity index (χ4n) is 0.902. The van der Waals surface area contributed by atoms with Crippen LogP contribution in [-0.4, -0.2) is 11.1 Å². The molecule has 0 aromatic heterocycles. The lowest BCUT2D eigenvalue weighted by molar-refractivity contribution is -0.385. The van der Waals surface area contributed by atoms with Gasteiger partial charge >= 0.3 is 0 Å². The lowest BCUT2D eigenvalue weighted by Crippen LogP contribution is -2.23. The van der Waals surface area contributed by atoms with Crippen molar-refractivity contribution in [3.05, 3.63) is 39.9 Å². The number of non-ortho nitro benzene ring substituents is 1. The molecule has 74 valence electrons. The van der Waals surface area contributed by atoms with Gasteiger partial charge in [-0.2, -0.15) is 0 Å². The summed E-state index contributed by atoms with van der Waals surface area (Å²) in [7, 11) is 0. The maximum absolute atomic E-state index is 10.3. The summed E-state index contributed by atoms with van der Waals surface area (Å²) >= 11 is 0. The van der Waals surface area contributed by atoms with E-state index < -0.39 is 11.1 Å². The smallest absolute Gasteiger partial charge is 0.269 e. The van der Waals surface area contributed by atoms with Crippen molar-refractivity contribution in [3.8, 4) is 0 Å². The van der Waals surface area contributed by atoms with Crippen LogP contribution in [0.4, 0.5) is 10.5 Å². The van der Waals surface area contributed by atoms with Crippen molar-refractivity contribution in [2.45, 2.75) is 6.61 Å². The summed E-state index contributed by atoms with van der Waals surface area (Å²) in [5, 5.41) is 20.3. The zero-order chi connectivity index (χ0) is 10.6. The van der Waals surface area contributed by atoms with E-state index in [2.05, 4.69) is 4.74 Å². The molecule has 0 radical (unpaired) electrons. The molecular formula is C8H6NO5-. The Morgan fingerprint density at radius 3 is 2.79 bits per heavy atom. The second-order valence-electron chi connectivity index (χ2n) is 2.47. The van der Waals surface area contributed by atoms with Gasteiger partial charge in [-0.15, -0.1) is 0 Å². The van der Waals surface area contributed by atoms with Gasteiger partial charge in [0.15, 0.2) is 0 Å². The molecule has 0 amide bonds. The summed E-state index contributed by atoms with van der Waals surface area (Å²) in [4.78, 5) is 19.7. The van der Waals surface area contributed by atoms with E-state index in [1.54, 1.807) is 0 Å². The Kier molecular flexibility index (Phi) is 3.01. The molecule has 6 nitrogen and oxygen atoms in total. The number of carboxylic acid groups (broad SMARTS) is 1. The third-order valence-corrected chi connectivity index (χ3v) is 1.48. The quantitative estimate of drug-likeness (QED) is 0.397. The molecule has 0 spiro atoms. The molecule has 0 heterocycles. The van der Waals surface area contributed by atoms with E-state index in [0.717, 1.165) is 0 Å². The van der Waals surface area contributed by atoms with Gasteiger partial charge in [-0.3, -0.25) is 10.1 Å². The van der Waals surface area contributed by atoms with Crippen molar-refractivity contribution in [1.82, 2.24) is 0 Å². The summed E-state index contributed by atoms with van der Waals surface area (Å²) in [5.74, 6) is 0. The summed E-state index contributed by atoms with van der Waals surface area (Å²) in [6.45, 7) is -0.246. The highest BCUT2D eigenvalue weighted by Crippen LogP contribution is 2.13. The van der Waals surface area contributed by atoms with Gasteiger partial charge in [0, 0.05) is 12.1 Å². The first-order valence-electron chi connectivity index (χ1n) is 3.66. The number of benzene rings is 1. The molecule has 0 aliphatic rings. The van der Waals surface area contributed by atoms with Gasteiger partial charge in [-0.25, -0.2) is 0 Å². The van der Waals surface area contributed by atoms with Crippen LogP contribution in [0.15, 0.2) is 24.3 Å². The fourth-order valence-corrected chi connectivity index (χ4v) is 0.902. The van der Waals surface area contributed by atoms with Crippen molar-refractivity contribution < 1.29 is 19.6 Å². The molecule has 0 saturated carbocycles. The van der Waals surface area contributed by atoms with Gasteiger partial charge < -0.3 is 14.6 Å². The minimum Gasteiger partial charge on any atom is -0.545 e. The van der Waals surface area contributed by atoms with Gasteiger partial charge in [-0.05, 0) is 5.56 Å². The van der Waals surface area contributed by atoms with E-state index in [1.165, 1.54) is 24.3 Å². The molecule has 6 heteroatoms. The molecule has 0 unspecified atom stereocenters. The Hall–Kier alpha value is -2.11. The van der Waals surface area contributed by atoms with Crippen molar-refractivity contribution in [1.29, 1.82) is 0 Å². The molecule has 0 aliphatic heterocycles. The van der Waals surface area contributed by atoms with Crippen LogP contribution in [0.3, 0.4) is 0 Å². The number of carbonyl (C=O) groups excluding carboxylic acids is 1. The number of rotatable bonds is 3. The Labute approximate surface area is 78.9 Å². The van der Waals surface area contributed by atoms with Gasteiger partial charge in [0.05, 0.1) is 11.5 Å². The molecule has 0 fully saturated rings. The zero-order valence-corrected chi connectivity index (χ0v) is 7.00. The van der Waals surface area contributed by atoms with Gasteiger partial charge in [0.2, 0.25) is 0 Å². The first kappa shape index (κ1) is 9.97.